The zero-order valence-electron chi connectivity index (χ0n) is 22.1. The highest BCUT2D eigenvalue weighted by molar-refractivity contribution is 5.85. The molecule has 0 unspecified atom stereocenters. The Morgan fingerprint density at radius 1 is 0.947 bits per heavy atom. The molecule has 3 aromatic carbocycles. The van der Waals surface area contributed by atoms with Crippen LogP contribution in [-0.2, 0) is 5.60 Å². The number of aryl methyl sites for hydroxylation is 4. The van der Waals surface area contributed by atoms with Crippen LogP contribution in [0.15, 0.2) is 63.9 Å². The molecule has 5 rings (SSSR count). The summed E-state index contributed by atoms with van der Waals surface area (Å²) in [7, 11) is 0. The van der Waals surface area contributed by atoms with Crippen molar-refractivity contribution >= 4 is 10.9 Å². The van der Waals surface area contributed by atoms with Crippen LogP contribution in [0.3, 0.4) is 0 Å². The SMILES string of the molecule is Cc1nnc(-c2ccc3c(c2)c(=O)c(C)cn3-c2cc(C(C)(C)O)ccc2Oc2c(C)cc(F)cc2C)o1. The van der Waals surface area contributed by atoms with Crippen molar-refractivity contribution in [1.29, 1.82) is 0 Å². The molecule has 0 aliphatic carbocycles. The van der Waals surface area contributed by atoms with Gasteiger partial charge < -0.3 is 18.8 Å². The first-order valence-electron chi connectivity index (χ1n) is 12.2. The number of halogens is 1. The first-order chi connectivity index (χ1) is 17.9. The molecule has 0 saturated carbocycles. The van der Waals surface area contributed by atoms with Crippen LogP contribution in [0.2, 0.25) is 0 Å². The molecule has 1 N–H and O–H groups in total. The second-order valence-corrected chi connectivity index (χ2v) is 10.1. The molecule has 0 bridgehead atoms. The van der Waals surface area contributed by atoms with Gasteiger partial charge in [-0.15, -0.1) is 10.2 Å². The first-order valence-corrected chi connectivity index (χ1v) is 12.2. The normalized spacial score (nSPS) is 11.8. The Labute approximate surface area is 219 Å². The maximum Gasteiger partial charge on any atom is 0.247 e. The van der Waals surface area contributed by atoms with Gasteiger partial charge in [0.05, 0.1) is 16.8 Å². The van der Waals surface area contributed by atoms with Crippen LogP contribution >= 0.6 is 0 Å². The molecule has 7 nitrogen and oxygen atoms in total. The van der Waals surface area contributed by atoms with Crippen LogP contribution in [0.1, 0.15) is 42.0 Å². The van der Waals surface area contributed by atoms with E-state index in [1.807, 2.05) is 22.8 Å². The van der Waals surface area contributed by atoms with Crippen molar-refractivity contribution in [2.24, 2.45) is 0 Å². The van der Waals surface area contributed by atoms with Gasteiger partial charge >= 0.3 is 0 Å². The Morgan fingerprint density at radius 3 is 2.29 bits per heavy atom. The van der Waals surface area contributed by atoms with Gasteiger partial charge in [0, 0.05) is 29.6 Å². The second-order valence-electron chi connectivity index (χ2n) is 10.1. The van der Waals surface area contributed by atoms with Crippen molar-refractivity contribution in [2.45, 2.75) is 47.1 Å². The summed E-state index contributed by atoms with van der Waals surface area (Å²) in [6.45, 7) is 10.4. The van der Waals surface area contributed by atoms with E-state index >= 15 is 0 Å². The molecule has 0 amide bonds. The van der Waals surface area contributed by atoms with Crippen molar-refractivity contribution < 1.29 is 18.7 Å². The molecular formula is C30H28FN3O4. The standard InChI is InChI=1S/C30H28FN3O4/c1-16-11-22(31)12-17(2)28(16)38-26-10-8-21(30(5,6)36)14-25(26)34-15-18(3)27(35)23-13-20(7-9-24(23)34)29-33-32-19(4)37-29/h7-15,36H,1-6H3. The van der Waals surface area contributed by atoms with E-state index < -0.39 is 5.60 Å². The summed E-state index contributed by atoms with van der Waals surface area (Å²) in [6, 6.07) is 13.6. The number of fused-ring (bicyclic) bond motifs is 1. The monoisotopic (exact) mass is 513 g/mol. The molecule has 194 valence electrons. The Bertz CT molecular complexity index is 1740. The van der Waals surface area contributed by atoms with Gasteiger partial charge in [0.2, 0.25) is 11.8 Å². The lowest BCUT2D eigenvalue weighted by Gasteiger charge is -2.23. The van der Waals surface area contributed by atoms with Gasteiger partial charge in [-0.25, -0.2) is 4.39 Å². The third kappa shape index (κ3) is 4.59. The predicted molar refractivity (Wildman–Crippen MR) is 144 cm³/mol. The van der Waals surface area contributed by atoms with Gasteiger partial charge in [-0.05, 0) is 93.8 Å². The fourth-order valence-corrected chi connectivity index (χ4v) is 4.55. The van der Waals surface area contributed by atoms with Crippen LogP contribution in [0.5, 0.6) is 11.5 Å². The van der Waals surface area contributed by atoms with E-state index in [0.29, 0.717) is 67.7 Å². The highest BCUT2D eigenvalue weighted by atomic mass is 19.1. The van der Waals surface area contributed by atoms with Crippen molar-refractivity contribution in [2.75, 3.05) is 0 Å². The molecule has 0 aliphatic heterocycles. The van der Waals surface area contributed by atoms with Crippen LogP contribution in [0, 0.1) is 33.5 Å². The fourth-order valence-electron chi connectivity index (χ4n) is 4.55. The number of rotatable bonds is 5. The van der Waals surface area contributed by atoms with Gasteiger partial charge in [0.15, 0.2) is 11.2 Å². The number of hydrogen-bond donors (Lipinski definition) is 1. The summed E-state index contributed by atoms with van der Waals surface area (Å²) < 4.78 is 27.8. The maximum absolute atomic E-state index is 14.0. The molecule has 0 fully saturated rings. The average Bonchev–Trinajstić information content (AvgIpc) is 3.29. The second kappa shape index (κ2) is 9.22. The molecule has 2 aromatic heterocycles. The number of ether oxygens (including phenoxy) is 1. The van der Waals surface area contributed by atoms with Crippen molar-refractivity contribution in [3.05, 3.63) is 98.9 Å². The predicted octanol–water partition coefficient (Wildman–Crippen LogP) is 6.43. The lowest BCUT2D eigenvalue weighted by Crippen LogP contribution is -2.17. The Morgan fingerprint density at radius 2 is 1.66 bits per heavy atom. The molecule has 0 atom stereocenters. The van der Waals surface area contributed by atoms with E-state index in [0.717, 1.165) is 0 Å². The van der Waals surface area contributed by atoms with Gasteiger partial charge in [0.25, 0.3) is 0 Å². The Balaban J connectivity index is 1.76. The quantitative estimate of drug-likeness (QED) is 0.291. The molecule has 0 aliphatic rings. The van der Waals surface area contributed by atoms with Crippen LogP contribution in [-0.4, -0.2) is 19.9 Å². The molecule has 2 heterocycles. The van der Waals surface area contributed by atoms with Gasteiger partial charge in [-0.1, -0.05) is 6.07 Å². The number of nitrogens with zero attached hydrogens (tertiary/aromatic N) is 3. The third-order valence-electron chi connectivity index (χ3n) is 6.52. The summed E-state index contributed by atoms with van der Waals surface area (Å²) in [5, 5.41) is 19.2. The third-order valence-corrected chi connectivity index (χ3v) is 6.52. The van der Waals surface area contributed by atoms with E-state index in [2.05, 4.69) is 10.2 Å². The topological polar surface area (TPSA) is 90.4 Å². The molecule has 38 heavy (non-hydrogen) atoms. The fraction of sp³-hybridized carbons (Fsp3) is 0.233. The summed E-state index contributed by atoms with van der Waals surface area (Å²) in [5.74, 6) is 1.45. The van der Waals surface area contributed by atoms with Crippen LogP contribution in [0.25, 0.3) is 28.0 Å². The van der Waals surface area contributed by atoms with E-state index in [-0.39, 0.29) is 11.2 Å². The van der Waals surface area contributed by atoms with E-state index in [9.17, 15) is 14.3 Å². The summed E-state index contributed by atoms with van der Waals surface area (Å²) in [6.07, 6.45) is 1.75. The number of hydrogen-bond acceptors (Lipinski definition) is 6. The van der Waals surface area contributed by atoms with Crippen molar-refractivity contribution in [3.63, 3.8) is 0 Å². The summed E-state index contributed by atoms with van der Waals surface area (Å²) in [4.78, 5) is 13.2. The number of benzene rings is 3. The lowest BCUT2D eigenvalue weighted by atomic mass is 9.97. The van der Waals surface area contributed by atoms with Gasteiger partial charge in [0.1, 0.15) is 11.6 Å². The van der Waals surface area contributed by atoms with Gasteiger partial charge in [-0.2, -0.15) is 0 Å². The average molecular weight is 514 g/mol. The number of pyridine rings is 1. The van der Waals surface area contributed by atoms with Gasteiger partial charge in [-0.3, -0.25) is 4.79 Å². The van der Waals surface area contributed by atoms with Crippen LogP contribution in [0.4, 0.5) is 4.39 Å². The first kappa shape index (κ1) is 25.4. The smallest absolute Gasteiger partial charge is 0.247 e. The minimum Gasteiger partial charge on any atom is -0.455 e. The number of aromatic nitrogens is 3. The van der Waals surface area contributed by atoms with Crippen molar-refractivity contribution in [1.82, 2.24) is 14.8 Å². The van der Waals surface area contributed by atoms with E-state index in [4.69, 9.17) is 9.15 Å². The molecular weight excluding hydrogens is 485 g/mol. The largest absolute Gasteiger partial charge is 0.455 e. The summed E-state index contributed by atoms with van der Waals surface area (Å²) in [5.41, 5.74) is 3.11. The molecule has 8 heteroatoms. The Hall–Kier alpha value is -4.30. The maximum atomic E-state index is 14.0. The zero-order valence-corrected chi connectivity index (χ0v) is 22.1. The van der Waals surface area contributed by atoms with Crippen LogP contribution < -0.4 is 10.2 Å². The van der Waals surface area contributed by atoms with Crippen molar-refractivity contribution in [3.8, 4) is 28.6 Å². The van der Waals surface area contributed by atoms with E-state index in [1.165, 1.54) is 12.1 Å². The lowest BCUT2D eigenvalue weighted by molar-refractivity contribution is 0.0785. The minimum absolute atomic E-state index is 0.124. The highest BCUT2D eigenvalue weighted by Crippen LogP contribution is 2.37. The number of aliphatic hydroxyl groups is 1. The highest BCUT2D eigenvalue weighted by Gasteiger charge is 2.21. The molecule has 0 saturated heterocycles. The summed E-state index contributed by atoms with van der Waals surface area (Å²) >= 11 is 0. The minimum atomic E-state index is -1.12. The molecule has 0 radical (unpaired) electrons. The molecule has 5 aromatic rings. The molecule has 0 spiro atoms. The zero-order chi connectivity index (χ0) is 27.4. The van der Waals surface area contributed by atoms with E-state index in [1.54, 1.807) is 65.9 Å². The Kier molecular flexibility index (Phi) is 6.15.